The summed E-state index contributed by atoms with van der Waals surface area (Å²) < 4.78 is 26.2. The minimum absolute atomic E-state index is 0.123. The molecule has 108 valence electrons. The van der Waals surface area contributed by atoms with Gasteiger partial charge in [-0.15, -0.1) is 0 Å². The fourth-order valence-corrected chi connectivity index (χ4v) is 1.62. The van der Waals surface area contributed by atoms with E-state index in [-0.39, 0.29) is 17.5 Å². The molecule has 0 aromatic heterocycles. The smallest absolute Gasteiger partial charge is 0.131 e. The molecule has 2 atom stereocenters. The van der Waals surface area contributed by atoms with Crippen LogP contribution in [0.4, 0.5) is 8.78 Å². The largest absolute Gasteiger partial charge is 0.387 e. The van der Waals surface area contributed by atoms with Gasteiger partial charge < -0.3 is 10.4 Å². The topological polar surface area (TPSA) is 32.3 Å². The number of halogens is 2. The van der Waals surface area contributed by atoms with E-state index in [4.69, 9.17) is 0 Å². The van der Waals surface area contributed by atoms with Crippen LogP contribution in [0, 0.1) is 23.0 Å². The first-order valence-electron chi connectivity index (χ1n) is 6.55. The number of aliphatic hydroxyl groups is 1. The molecule has 19 heavy (non-hydrogen) atoms. The van der Waals surface area contributed by atoms with Gasteiger partial charge >= 0.3 is 0 Å². The lowest BCUT2D eigenvalue weighted by molar-refractivity contribution is 0.161. The maximum atomic E-state index is 13.4. The lowest BCUT2D eigenvalue weighted by Gasteiger charge is -2.28. The Kier molecular flexibility index (Phi) is 5.44. The second kappa shape index (κ2) is 6.44. The van der Waals surface area contributed by atoms with Crippen LogP contribution in [0.2, 0.25) is 0 Å². The van der Waals surface area contributed by atoms with Gasteiger partial charge in [-0.25, -0.2) is 8.78 Å². The molecular formula is C15H23F2NO. The summed E-state index contributed by atoms with van der Waals surface area (Å²) in [7, 11) is 0. The third-order valence-corrected chi connectivity index (χ3v) is 3.59. The van der Waals surface area contributed by atoms with Gasteiger partial charge in [-0.1, -0.05) is 33.8 Å². The van der Waals surface area contributed by atoms with E-state index in [1.165, 1.54) is 6.07 Å². The first-order chi connectivity index (χ1) is 8.71. The average molecular weight is 271 g/mol. The van der Waals surface area contributed by atoms with Crippen LogP contribution in [-0.4, -0.2) is 18.2 Å². The highest BCUT2D eigenvalue weighted by atomic mass is 19.1. The number of nitrogens with one attached hydrogen (secondary N) is 1. The van der Waals surface area contributed by atoms with Gasteiger partial charge in [0.05, 0.1) is 6.10 Å². The molecule has 0 spiro atoms. The molecule has 4 heteroatoms. The predicted molar refractivity (Wildman–Crippen MR) is 72.8 cm³/mol. The molecule has 1 rings (SSSR count). The third-order valence-electron chi connectivity index (χ3n) is 3.59. The van der Waals surface area contributed by atoms with E-state index >= 15 is 0 Å². The zero-order chi connectivity index (χ0) is 14.6. The van der Waals surface area contributed by atoms with Gasteiger partial charge in [-0.05, 0) is 23.9 Å². The van der Waals surface area contributed by atoms with Gasteiger partial charge in [0.2, 0.25) is 0 Å². The summed E-state index contributed by atoms with van der Waals surface area (Å²) in [5.41, 5.74) is 0.302. The second-order valence-corrected chi connectivity index (χ2v) is 6.11. The first-order valence-corrected chi connectivity index (χ1v) is 6.55. The molecule has 0 aliphatic rings. The minimum Gasteiger partial charge on any atom is -0.387 e. The van der Waals surface area contributed by atoms with Gasteiger partial charge in [0.15, 0.2) is 0 Å². The molecule has 0 fully saturated rings. The number of aliphatic hydroxyl groups excluding tert-OH is 1. The van der Waals surface area contributed by atoms with Crippen molar-refractivity contribution in [3.63, 3.8) is 0 Å². The van der Waals surface area contributed by atoms with Crippen molar-refractivity contribution in [2.24, 2.45) is 11.3 Å². The van der Waals surface area contributed by atoms with E-state index in [2.05, 4.69) is 33.0 Å². The standard InChI is InChI=1S/C15H23F2NO/c1-10(15(2,3)4)8-18-9-14(19)12-6-5-11(16)7-13(12)17/h5-7,10,14,18-19H,8-9H2,1-4H3. The molecule has 0 saturated heterocycles. The number of rotatable bonds is 5. The molecule has 0 aliphatic heterocycles. The molecule has 2 nitrogen and oxygen atoms in total. The summed E-state index contributed by atoms with van der Waals surface area (Å²) in [5.74, 6) is -0.918. The maximum absolute atomic E-state index is 13.4. The molecule has 0 heterocycles. The molecule has 0 radical (unpaired) electrons. The van der Waals surface area contributed by atoms with E-state index in [1.54, 1.807) is 0 Å². The van der Waals surface area contributed by atoms with Gasteiger partial charge in [0.1, 0.15) is 11.6 Å². The zero-order valence-electron chi connectivity index (χ0n) is 12.0. The van der Waals surface area contributed by atoms with Crippen molar-refractivity contribution in [1.82, 2.24) is 5.32 Å². The Hall–Kier alpha value is -1.00. The Labute approximate surface area is 113 Å². The van der Waals surface area contributed by atoms with E-state index in [9.17, 15) is 13.9 Å². The molecule has 0 amide bonds. The molecule has 0 saturated carbocycles. The van der Waals surface area contributed by atoms with Crippen molar-refractivity contribution in [2.45, 2.75) is 33.8 Å². The summed E-state index contributed by atoms with van der Waals surface area (Å²) >= 11 is 0. The fourth-order valence-electron chi connectivity index (χ4n) is 1.62. The lowest BCUT2D eigenvalue weighted by Crippen LogP contribution is -2.32. The highest BCUT2D eigenvalue weighted by Gasteiger charge is 2.20. The highest BCUT2D eigenvalue weighted by Crippen LogP contribution is 2.24. The van der Waals surface area contributed by atoms with E-state index in [0.717, 1.165) is 18.7 Å². The molecule has 2 N–H and O–H groups in total. The van der Waals surface area contributed by atoms with Crippen LogP contribution in [0.5, 0.6) is 0 Å². The van der Waals surface area contributed by atoms with Crippen LogP contribution < -0.4 is 5.32 Å². The molecule has 0 bridgehead atoms. The van der Waals surface area contributed by atoms with Crippen molar-refractivity contribution >= 4 is 0 Å². The van der Waals surface area contributed by atoms with Crippen molar-refractivity contribution < 1.29 is 13.9 Å². The Morgan fingerprint density at radius 3 is 2.37 bits per heavy atom. The lowest BCUT2D eigenvalue weighted by atomic mass is 9.82. The molecule has 2 unspecified atom stereocenters. The van der Waals surface area contributed by atoms with Crippen molar-refractivity contribution in [3.05, 3.63) is 35.4 Å². The summed E-state index contributed by atoms with van der Waals surface area (Å²) in [6.45, 7) is 9.56. The van der Waals surface area contributed by atoms with E-state index < -0.39 is 17.7 Å². The molecule has 1 aromatic rings. The van der Waals surface area contributed by atoms with Crippen LogP contribution in [0.15, 0.2) is 18.2 Å². The molecule has 1 aromatic carbocycles. The SMILES string of the molecule is CC(CNCC(O)c1ccc(F)cc1F)C(C)(C)C. The first kappa shape index (κ1) is 16.1. The maximum Gasteiger partial charge on any atom is 0.131 e. The normalized spacial score (nSPS) is 15.3. The van der Waals surface area contributed by atoms with Crippen LogP contribution in [0.1, 0.15) is 39.4 Å². The number of hydrogen-bond acceptors (Lipinski definition) is 2. The minimum atomic E-state index is -0.965. The third kappa shape index (κ3) is 4.88. The summed E-state index contributed by atoms with van der Waals surface area (Å²) in [6.07, 6.45) is -0.965. The van der Waals surface area contributed by atoms with Gasteiger partial charge in [0, 0.05) is 18.2 Å². The Morgan fingerprint density at radius 1 is 1.21 bits per heavy atom. The number of benzene rings is 1. The monoisotopic (exact) mass is 271 g/mol. The van der Waals surface area contributed by atoms with Gasteiger partial charge in [-0.2, -0.15) is 0 Å². The predicted octanol–water partition coefficient (Wildman–Crippen LogP) is 3.27. The molecule has 0 aliphatic carbocycles. The van der Waals surface area contributed by atoms with Gasteiger partial charge in [0.25, 0.3) is 0 Å². The van der Waals surface area contributed by atoms with Crippen molar-refractivity contribution in [1.29, 1.82) is 0 Å². The molecular weight excluding hydrogens is 248 g/mol. The van der Waals surface area contributed by atoms with E-state index in [1.807, 2.05) is 0 Å². The van der Waals surface area contributed by atoms with E-state index in [0.29, 0.717) is 5.92 Å². The van der Waals surface area contributed by atoms with Crippen LogP contribution in [-0.2, 0) is 0 Å². The Balaban J connectivity index is 2.50. The quantitative estimate of drug-likeness (QED) is 0.861. The van der Waals surface area contributed by atoms with Crippen molar-refractivity contribution in [2.75, 3.05) is 13.1 Å². The van der Waals surface area contributed by atoms with Crippen molar-refractivity contribution in [3.8, 4) is 0 Å². The van der Waals surface area contributed by atoms with Crippen LogP contribution in [0.25, 0.3) is 0 Å². The summed E-state index contributed by atoms with van der Waals surface area (Å²) in [5, 5.41) is 13.0. The summed E-state index contributed by atoms with van der Waals surface area (Å²) in [4.78, 5) is 0. The fraction of sp³-hybridized carbons (Fsp3) is 0.600. The number of hydrogen-bond donors (Lipinski definition) is 2. The zero-order valence-corrected chi connectivity index (χ0v) is 12.0. The highest BCUT2D eigenvalue weighted by molar-refractivity contribution is 5.21. The second-order valence-electron chi connectivity index (χ2n) is 6.11. The van der Waals surface area contributed by atoms with Crippen LogP contribution in [0.3, 0.4) is 0 Å². The Bertz CT molecular complexity index is 415. The Morgan fingerprint density at radius 2 is 1.84 bits per heavy atom. The average Bonchev–Trinajstić information content (AvgIpc) is 2.27. The van der Waals surface area contributed by atoms with Gasteiger partial charge in [-0.3, -0.25) is 0 Å². The van der Waals surface area contributed by atoms with Crippen LogP contribution >= 0.6 is 0 Å². The summed E-state index contributed by atoms with van der Waals surface area (Å²) in [6, 6.07) is 3.22.